The van der Waals surface area contributed by atoms with Crippen LogP contribution in [0.15, 0.2) is 120 Å². The molecule has 37 heavy (non-hydrogen) atoms. The number of para-hydroxylation sites is 2. The van der Waals surface area contributed by atoms with Crippen LogP contribution >= 0.6 is 0 Å². The highest BCUT2D eigenvalue weighted by molar-refractivity contribution is 6.03. The molecule has 0 saturated carbocycles. The van der Waals surface area contributed by atoms with Crippen LogP contribution in [-0.2, 0) is 0 Å². The van der Waals surface area contributed by atoms with Gasteiger partial charge in [0.1, 0.15) is 11.6 Å². The molecule has 0 radical (unpaired) electrons. The third kappa shape index (κ3) is 4.49. The van der Waals surface area contributed by atoms with Gasteiger partial charge >= 0.3 is 0 Å². The first kappa shape index (κ1) is 22.7. The summed E-state index contributed by atoms with van der Waals surface area (Å²) in [4.78, 5) is 0. The molecule has 1 aromatic heterocycles. The third-order valence-corrected chi connectivity index (χ3v) is 6.59. The molecule has 0 bridgehead atoms. The van der Waals surface area contributed by atoms with Gasteiger partial charge in [0, 0.05) is 23.7 Å². The summed E-state index contributed by atoms with van der Waals surface area (Å²) in [5, 5.41) is 12.1. The molecule has 1 aliphatic heterocycles. The Morgan fingerprint density at radius 1 is 0.757 bits per heavy atom. The topological polar surface area (TPSA) is 42.6 Å². The van der Waals surface area contributed by atoms with Crippen molar-refractivity contribution in [2.24, 2.45) is 5.10 Å². The third-order valence-electron chi connectivity index (χ3n) is 6.59. The van der Waals surface area contributed by atoms with Crippen LogP contribution in [0.5, 0.6) is 5.75 Å². The summed E-state index contributed by atoms with van der Waals surface area (Å²) in [7, 11) is 1.66. The van der Waals surface area contributed by atoms with Gasteiger partial charge in [-0.1, -0.05) is 36.4 Å². The average molecular weight is 489 g/mol. The average Bonchev–Trinajstić information content (AvgIpc) is 3.60. The molecule has 0 fully saturated rings. The first-order chi connectivity index (χ1) is 18.2. The standard InChI is InChI=1S/C31H25FN4O/c1-37-27-18-14-22(15-19-27)29-20-30(36(33-29)26-10-6-3-7-11-26)28-21-35(25-8-4-2-5-9-25)34-31(28)23-12-16-24(32)17-13-23/h2-19,21,30H,20H2,1H3/t30-/m1/s1. The molecule has 1 atom stereocenters. The van der Waals surface area contributed by atoms with Crippen molar-refractivity contribution in [3.63, 3.8) is 0 Å². The summed E-state index contributed by atoms with van der Waals surface area (Å²) >= 11 is 0. The number of nitrogens with zero attached hydrogens (tertiary/aromatic N) is 4. The molecule has 2 heterocycles. The van der Waals surface area contributed by atoms with Crippen molar-refractivity contribution in [2.75, 3.05) is 12.1 Å². The molecule has 4 aromatic carbocycles. The number of rotatable bonds is 6. The van der Waals surface area contributed by atoms with Gasteiger partial charge in [-0.2, -0.15) is 10.2 Å². The monoisotopic (exact) mass is 488 g/mol. The highest BCUT2D eigenvalue weighted by atomic mass is 19.1. The maximum atomic E-state index is 13.8. The Bertz CT molecular complexity index is 1530. The van der Waals surface area contributed by atoms with E-state index in [0.29, 0.717) is 6.42 Å². The van der Waals surface area contributed by atoms with E-state index in [9.17, 15) is 4.39 Å². The van der Waals surface area contributed by atoms with Gasteiger partial charge in [-0.15, -0.1) is 0 Å². The summed E-state index contributed by atoms with van der Waals surface area (Å²) in [6, 6.07) is 34.6. The number of aromatic nitrogens is 2. The van der Waals surface area contributed by atoms with E-state index in [0.717, 1.165) is 45.2 Å². The SMILES string of the molecule is COc1ccc(C2=NN(c3ccccc3)[C@@H](c3cn(-c4ccccc4)nc3-c3ccc(F)cc3)C2)cc1. The zero-order valence-electron chi connectivity index (χ0n) is 20.3. The Morgan fingerprint density at radius 3 is 2.03 bits per heavy atom. The predicted molar refractivity (Wildman–Crippen MR) is 145 cm³/mol. The first-order valence-corrected chi connectivity index (χ1v) is 12.2. The summed E-state index contributed by atoms with van der Waals surface area (Å²) in [5.74, 6) is 0.534. The molecule has 0 saturated heterocycles. The second-order valence-electron chi connectivity index (χ2n) is 8.90. The zero-order chi connectivity index (χ0) is 25.2. The highest BCUT2D eigenvalue weighted by Gasteiger charge is 2.33. The van der Waals surface area contributed by atoms with Gasteiger partial charge in [-0.05, 0) is 78.4 Å². The fraction of sp³-hybridized carbons (Fsp3) is 0.0968. The number of hydrogen-bond donors (Lipinski definition) is 0. The van der Waals surface area contributed by atoms with Crippen molar-refractivity contribution < 1.29 is 9.13 Å². The normalized spacial score (nSPS) is 15.0. The lowest BCUT2D eigenvalue weighted by Gasteiger charge is -2.23. The molecule has 6 heteroatoms. The second-order valence-corrected chi connectivity index (χ2v) is 8.90. The molecule has 5 nitrogen and oxygen atoms in total. The van der Waals surface area contributed by atoms with E-state index in [1.54, 1.807) is 19.2 Å². The van der Waals surface area contributed by atoms with Gasteiger partial charge in [0.25, 0.3) is 0 Å². The summed E-state index contributed by atoms with van der Waals surface area (Å²) in [6.07, 6.45) is 2.76. The minimum atomic E-state index is -0.273. The van der Waals surface area contributed by atoms with E-state index in [1.165, 1.54) is 12.1 Å². The Kier molecular flexibility index (Phi) is 5.98. The van der Waals surface area contributed by atoms with E-state index in [2.05, 4.69) is 23.3 Å². The molecule has 182 valence electrons. The van der Waals surface area contributed by atoms with Crippen molar-refractivity contribution in [2.45, 2.75) is 12.5 Å². The predicted octanol–water partition coefficient (Wildman–Crippen LogP) is 7.04. The number of ether oxygens (including phenoxy) is 1. The maximum Gasteiger partial charge on any atom is 0.123 e. The largest absolute Gasteiger partial charge is 0.497 e. The molecule has 0 unspecified atom stereocenters. The Hall–Kier alpha value is -4.71. The lowest BCUT2D eigenvalue weighted by atomic mass is 9.96. The molecule has 0 amide bonds. The van der Waals surface area contributed by atoms with Crippen molar-refractivity contribution in [1.82, 2.24) is 9.78 Å². The van der Waals surface area contributed by atoms with Gasteiger partial charge in [0.05, 0.1) is 35.9 Å². The van der Waals surface area contributed by atoms with Crippen molar-refractivity contribution >= 4 is 11.4 Å². The molecule has 6 rings (SSSR count). The van der Waals surface area contributed by atoms with Crippen LogP contribution in [0, 0.1) is 5.82 Å². The molecule has 0 spiro atoms. The minimum absolute atomic E-state index is 0.1000. The fourth-order valence-corrected chi connectivity index (χ4v) is 4.71. The van der Waals surface area contributed by atoms with Crippen LogP contribution in [0.4, 0.5) is 10.1 Å². The van der Waals surface area contributed by atoms with Gasteiger partial charge in [-0.3, -0.25) is 5.01 Å². The van der Waals surface area contributed by atoms with Crippen LogP contribution in [-0.4, -0.2) is 22.6 Å². The molecular formula is C31H25FN4O. The Morgan fingerprint density at radius 2 is 1.38 bits per heavy atom. The Balaban J connectivity index is 1.48. The molecule has 1 aliphatic rings. The van der Waals surface area contributed by atoms with Gasteiger partial charge < -0.3 is 4.74 Å². The quantitative estimate of drug-likeness (QED) is 0.257. The second kappa shape index (κ2) is 9.74. The van der Waals surface area contributed by atoms with Crippen LogP contribution in [0.2, 0.25) is 0 Å². The van der Waals surface area contributed by atoms with Crippen molar-refractivity contribution in [3.8, 4) is 22.7 Å². The van der Waals surface area contributed by atoms with Crippen molar-refractivity contribution in [1.29, 1.82) is 0 Å². The Labute approximate surface area is 215 Å². The number of hydrogen-bond acceptors (Lipinski definition) is 4. The van der Waals surface area contributed by atoms with E-state index in [-0.39, 0.29) is 11.9 Å². The molecule has 5 aromatic rings. The minimum Gasteiger partial charge on any atom is -0.497 e. The number of hydrazone groups is 1. The number of anilines is 1. The van der Waals surface area contributed by atoms with E-state index < -0.39 is 0 Å². The van der Waals surface area contributed by atoms with Crippen LogP contribution in [0.3, 0.4) is 0 Å². The number of methoxy groups -OCH3 is 1. The lowest BCUT2D eigenvalue weighted by Crippen LogP contribution is -2.18. The van der Waals surface area contributed by atoms with Crippen LogP contribution in [0.25, 0.3) is 16.9 Å². The van der Waals surface area contributed by atoms with E-state index >= 15 is 0 Å². The molecule has 0 aliphatic carbocycles. The number of halogens is 1. The maximum absolute atomic E-state index is 13.8. The fourth-order valence-electron chi connectivity index (χ4n) is 4.71. The molecule has 0 N–H and O–H groups in total. The van der Waals surface area contributed by atoms with Gasteiger partial charge in [0.15, 0.2) is 0 Å². The highest BCUT2D eigenvalue weighted by Crippen LogP contribution is 2.40. The van der Waals surface area contributed by atoms with Crippen molar-refractivity contribution in [3.05, 3.63) is 132 Å². The van der Waals surface area contributed by atoms with Gasteiger partial charge in [0.2, 0.25) is 0 Å². The zero-order valence-corrected chi connectivity index (χ0v) is 20.3. The summed E-state index contributed by atoms with van der Waals surface area (Å²) < 4.78 is 21.0. The number of benzene rings is 4. The van der Waals surface area contributed by atoms with E-state index in [4.69, 9.17) is 14.9 Å². The van der Waals surface area contributed by atoms with Gasteiger partial charge in [-0.25, -0.2) is 9.07 Å². The summed E-state index contributed by atoms with van der Waals surface area (Å²) in [6.45, 7) is 0. The van der Waals surface area contributed by atoms with Crippen LogP contribution < -0.4 is 9.75 Å². The first-order valence-electron chi connectivity index (χ1n) is 12.2. The van der Waals surface area contributed by atoms with E-state index in [1.807, 2.05) is 77.5 Å². The smallest absolute Gasteiger partial charge is 0.123 e. The van der Waals surface area contributed by atoms with Crippen LogP contribution in [0.1, 0.15) is 23.6 Å². The molecular weight excluding hydrogens is 463 g/mol. The summed E-state index contributed by atoms with van der Waals surface area (Å²) in [5.41, 5.74) is 6.66. The lowest BCUT2D eigenvalue weighted by molar-refractivity contribution is 0.415.